The van der Waals surface area contributed by atoms with E-state index in [2.05, 4.69) is 36.8 Å². The fourth-order valence-electron chi connectivity index (χ4n) is 1.11. The highest BCUT2D eigenvalue weighted by Crippen LogP contribution is 2.32. The first kappa shape index (κ1) is 10.3. The zero-order valence-electron chi connectivity index (χ0n) is 6.80. The number of rotatable bonds is 1. The summed E-state index contributed by atoms with van der Waals surface area (Å²) in [6.45, 7) is 0. The molecule has 2 rings (SSSR count). The first-order chi connectivity index (χ1) is 6.68. The molecule has 0 atom stereocenters. The van der Waals surface area contributed by atoms with Crippen LogP contribution >= 0.6 is 43.2 Å². The first-order valence-corrected chi connectivity index (χ1v) is 6.20. The lowest BCUT2D eigenvalue weighted by Gasteiger charge is -2.01. The van der Waals surface area contributed by atoms with Crippen LogP contribution in [-0.4, -0.2) is 4.98 Å². The van der Waals surface area contributed by atoms with Gasteiger partial charge in [-0.05, 0) is 44.0 Å². The van der Waals surface area contributed by atoms with Crippen LogP contribution in [0.25, 0.3) is 11.3 Å². The molecule has 0 N–H and O–H groups in total. The predicted molar refractivity (Wildman–Crippen MR) is 62.9 cm³/mol. The van der Waals surface area contributed by atoms with Crippen molar-refractivity contribution in [3.05, 3.63) is 37.8 Å². The molecule has 0 aliphatic heterocycles. The molecule has 0 radical (unpaired) electrons. The van der Waals surface area contributed by atoms with E-state index >= 15 is 0 Å². The third-order valence-corrected chi connectivity index (χ3v) is 3.72. The first-order valence-electron chi connectivity index (χ1n) is 3.74. The van der Waals surface area contributed by atoms with Crippen LogP contribution in [0.1, 0.15) is 0 Å². The van der Waals surface area contributed by atoms with E-state index in [9.17, 15) is 4.39 Å². The van der Waals surface area contributed by atoms with Gasteiger partial charge in [0.05, 0.1) is 11.3 Å². The third-order valence-electron chi connectivity index (χ3n) is 1.70. The Morgan fingerprint density at radius 3 is 2.64 bits per heavy atom. The Kier molecular flexibility index (Phi) is 2.99. The maximum absolute atomic E-state index is 13.5. The summed E-state index contributed by atoms with van der Waals surface area (Å²) in [4.78, 5) is 4.17. The molecular formula is C9H4Br2FNS. The fraction of sp³-hybridized carbons (Fsp3) is 0. The summed E-state index contributed by atoms with van der Waals surface area (Å²) in [5.41, 5.74) is 1.15. The van der Waals surface area contributed by atoms with Crippen LogP contribution < -0.4 is 0 Å². The average molecular weight is 337 g/mol. The van der Waals surface area contributed by atoms with E-state index in [0.29, 0.717) is 11.3 Å². The highest BCUT2D eigenvalue weighted by Gasteiger charge is 2.11. The molecule has 14 heavy (non-hydrogen) atoms. The zero-order valence-corrected chi connectivity index (χ0v) is 10.8. The summed E-state index contributed by atoms with van der Waals surface area (Å²) in [6.07, 6.45) is 0. The number of hydrogen-bond acceptors (Lipinski definition) is 2. The molecule has 0 aliphatic carbocycles. The van der Waals surface area contributed by atoms with Gasteiger partial charge in [0.2, 0.25) is 0 Å². The van der Waals surface area contributed by atoms with Crippen LogP contribution in [-0.2, 0) is 0 Å². The van der Waals surface area contributed by atoms with Gasteiger partial charge in [0, 0.05) is 9.85 Å². The zero-order chi connectivity index (χ0) is 10.1. The van der Waals surface area contributed by atoms with Gasteiger partial charge in [-0.15, -0.1) is 11.3 Å². The fourth-order valence-corrected chi connectivity index (χ4v) is 2.66. The lowest BCUT2D eigenvalue weighted by molar-refractivity contribution is 0.630. The highest BCUT2D eigenvalue weighted by molar-refractivity contribution is 9.11. The second kappa shape index (κ2) is 4.08. The molecule has 72 valence electrons. The van der Waals surface area contributed by atoms with Crippen LogP contribution in [0, 0.1) is 5.82 Å². The molecule has 0 unspecified atom stereocenters. The lowest BCUT2D eigenvalue weighted by Crippen LogP contribution is -1.85. The Balaban J connectivity index is 2.61. The Hall–Kier alpha value is -0.260. The molecule has 2 aromatic rings. The van der Waals surface area contributed by atoms with E-state index in [0.717, 1.165) is 8.39 Å². The molecule has 0 fully saturated rings. The lowest BCUT2D eigenvalue weighted by atomic mass is 10.2. The maximum atomic E-state index is 13.5. The molecule has 1 aromatic carbocycles. The van der Waals surface area contributed by atoms with Gasteiger partial charge in [-0.1, -0.05) is 6.07 Å². The average Bonchev–Trinajstić information content (AvgIpc) is 2.51. The second-order valence-electron chi connectivity index (χ2n) is 2.58. The number of hydrogen-bond donors (Lipinski definition) is 0. The molecule has 1 nitrogen and oxygen atoms in total. The van der Waals surface area contributed by atoms with Crippen molar-refractivity contribution in [3.63, 3.8) is 0 Å². The van der Waals surface area contributed by atoms with Crippen molar-refractivity contribution in [2.24, 2.45) is 0 Å². The summed E-state index contributed by atoms with van der Waals surface area (Å²) >= 11 is 7.99. The monoisotopic (exact) mass is 335 g/mol. The second-order valence-corrected chi connectivity index (χ2v) is 5.57. The molecule has 5 heteroatoms. The summed E-state index contributed by atoms with van der Waals surface area (Å²) < 4.78 is 14.9. The summed E-state index contributed by atoms with van der Waals surface area (Å²) in [5, 5.41) is 1.81. The highest BCUT2D eigenvalue weighted by atomic mass is 79.9. The summed E-state index contributed by atoms with van der Waals surface area (Å²) in [7, 11) is 0. The molecule has 0 aliphatic rings. The van der Waals surface area contributed by atoms with Crippen molar-refractivity contribution < 1.29 is 4.39 Å². The Morgan fingerprint density at radius 2 is 2.07 bits per heavy atom. The van der Waals surface area contributed by atoms with Gasteiger partial charge in [-0.25, -0.2) is 9.37 Å². The normalized spacial score (nSPS) is 10.5. The van der Waals surface area contributed by atoms with Crippen molar-refractivity contribution in [1.82, 2.24) is 4.98 Å². The largest absolute Gasteiger partial charge is 0.229 e. The van der Waals surface area contributed by atoms with Gasteiger partial charge < -0.3 is 0 Å². The molecule has 1 aromatic heterocycles. The molecule has 0 amide bonds. The maximum Gasteiger partial charge on any atom is 0.159 e. The molecule has 0 spiro atoms. The van der Waals surface area contributed by atoms with Crippen LogP contribution in [0.2, 0.25) is 0 Å². The Morgan fingerprint density at radius 1 is 1.29 bits per heavy atom. The van der Waals surface area contributed by atoms with Crippen molar-refractivity contribution in [3.8, 4) is 11.3 Å². The van der Waals surface area contributed by atoms with Crippen molar-refractivity contribution >= 4 is 43.2 Å². The van der Waals surface area contributed by atoms with Crippen molar-refractivity contribution in [2.45, 2.75) is 0 Å². The molecule has 0 saturated heterocycles. The van der Waals surface area contributed by atoms with E-state index in [-0.39, 0.29) is 5.82 Å². The number of thiazole rings is 1. The minimum atomic E-state index is -0.267. The van der Waals surface area contributed by atoms with E-state index in [4.69, 9.17) is 0 Å². The molecule has 0 bridgehead atoms. The van der Waals surface area contributed by atoms with Crippen LogP contribution in [0.4, 0.5) is 4.39 Å². The van der Waals surface area contributed by atoms with Gasteiger partial charge >= 0.3 is 0 Å². The van der Waals surface area contributed by atoms with Gasteiger partial charge in [-0.3, -0.25) is 0 Å². The van der Waals surface area contributed by atoms with E-state index in [1.807, 2.05) is 5.38 Å². The third kappa shape index (κ3) is 1.89. The minimum absolute atomic E-state index is 0.267. The minimum Gasteiger partial charge on any atom is -0.229 e. The molecule has 1 heterocycles. The standard InChI is InChI=1S/C9H4Br2FNS/c10-5-2-1-3-6(12)8(5)7-4-14-9(11)13-7/h1-4H. The summed E-state index contributed by atoms with van der Waals surface area (Å²) in [6, 6.07) is 4.88. The quantitative estimate of drug-likeness (QED) is 0.748. The number of nitrogens with zero attached hydrogens (tertiary/aromatic N) is 1. The summed E-state index contributed by atoms with van der Waals surface area (Å²) in [5.74, 6) is -0.267. The van der Waals surface area contributed by atoms with Gasteiger partial charge in [-0.2, -0.15) is 0 Å². The van der Waals surface area contributed by atoms with Crippen LogP contribution in [0.15, 0.2) is 32.0 Å². The SMILES string of the molecule is Fc1cccc(Br)c1-c1csc(Br)n1. The van der Waals surface area contributed by atoms with E-state index in [1.54, 1.807) is 12.1 Å². The predicted octanol–water partition coefficient (Wildman–Crippen LogP) is 4.47. The Bertz CT molecular complexity index is 449. The van der Waals surface area contributed by atoms with E-state index < -0.39 is 0 Å². The number of aromatic nitrogens is 1. The van der Waals surface area contributed by atoms with Crippen molar-refractivity contribution in [2.75, 3.05) is 0 Å². The smallest absolute Gasteiger partial charge is 0.159 e. The Labute approximate surface area is 101 Å². The molecule has 0 saturated carbocycles. The van der Waals surface area contributed by atoms with Crippen molar-refractivity contribution in [1.29, 1.82) is 0 Å². The topological polar surface area (TPSA) is 12.9 Å². The number of benzene rings is 1. The van der Waals surface area contributed by atoms with Gasteiger partial charge in [0.15, 0.2) is 3.92 Å². The van der Waals surface area contributed by atoms with Gasteiger partial charge in [0.25, 0.3) is 0 Å². The van der Waals surface area contributed by atoms with Crippen LogP contribution in [0.5, 0.6) is 0 Å². The van der Waals surface area contributed by atoms with Gasteiger partial charge in [0.1, 0.15) is 5.82 Å². The molecular weight excluding hydrogens is 333 g/mol. The van der Waals surface area contributed by atoms with E-state index in [1.165, 1.54) is 17.4 Å². The number of halogens is 3. The van der Waals surface area contributed by atoms with Crippen LogP contribution in [0.3, 0.4) is 0 Å².